The number of piperidine rings is 1. The van der Waals surface area contributed by atoms with Gasteiger partial charge in [0.05, 0.1) is 0 Å². The number of nitrogens with two attached hydrogens (primary N) is 1. The number of hydrogen-bond acceptors (Lipinski definition) is 4. The molecular weight excluding hydrogens is 200 g/mol. The quantitative estimate of drug-likeness (QED) is 0.786. The second-order valence-electron chi connectivity index (χ2n) is 4.88. The lowest BCUT2D eigenvalue weighted by atomic mass is 9.93. The SMILES string of the molecule is Cc1c(N)ncnc1N1CCC(C)CC1C. The molecule has 2 atom stereocenters. The van der Waals surface area contributed by atoms with Crippen LogP contribution in [-0.4, -0.2) is 22.6 Å². The van der Waals surface area contributed by atoms with E-state index in [1.54, 1.807) is 6.33 Å². The lowest BCUT2D eigenvalue weighted by Crippen LogP contribution is -2.41. The van der Waals surface area contributed by atoms with Crippen LogP contribution < -0.4 is 10.6 Å². The third-order valence-corrected chi connectivity index (χ3v) is 3.51. The van der Waals surface area contributed by atoms with Crippen molar-refractivity contribution in [3.05, 3.63) is 11.9 Å². The van der Waals surface area contributed by atoms with E-state index in [4.69, 9.17) is 5.73 Å². The number of hydrogen-bond donors (Lipinski definition) is 1. The Bertz CT molecular complexity index is 377. The van der Waals surface area contributed by atoms with E-state index in [-0.39, 0.29) is 0 Å². The van der Waals surface area contributed by atoms with Crippen molar-refractivity contribution in [3.63, 3.8) is 0 Å². The smallest absolute Gasteiger partial charge is 0.137 e. The van der Waals surface area contributed by atoms with Gasteiger partial charge in [-0.05, 0) is 32.6 Å². The van der Waals surface area contributed by atoms with E-state index in [1.165, 1.54) is 12.8 Å². The van der Waals surface area contributed by atoms with E-state index < -0.39 is 0 Å². The van der Waals surface area contributed by atoms with Gasteiger partial charge in [-0.2, -0.15) is 0 Å². The fourth-order valence-electron chi connectivity index (χ4n) is 2.47. The summed E-state index contributed by atoms with van der Waals surface area (Å²) in [5.74, 6) is 2.41. The number of nitrogens with zero attached hydrogens (tertiary/aromatic N) is 3. The zero-order valence-corrected chi connectivity index (χ0v) is 10.3. The van der Waals surface area contributed by atoms with Gasteiger partial charge in [0.25, 0.3) is 0 Å². The molecule has 4 nitrogen and oxygen atoms in total. The highest BCUT2D eigenvalue weighted by molar-refractivity contribution is 5.56. The Kier molecular flexibility index (Phi) is 2.99. The van der Waals surface area contributed by atoms with Gasteiger partial charge in [-0.25, -0.2) is 9.97 Å². The van der Waals surface area contributed by atoms with Crippen LogP contribution in [0.25, 0.3) is 0 Å². The van der Waals surface area contributed by atoms with Crippen molar-refractivity contribution in [2.45, 2.75) is 39.7 Å². The molecule has 2 unspecified atom stereocenters. The van der Waals surface area contributed by atoms with Gasteiger partial charge < -0.3 is 10.6 Å². The molecule has 4 heteroatoms. The summed E-state index contributed by atoms with van der Waals surface area (Å²) in [5.41, 5.74) is 6.83. The Morgan fingerprint density at radius 1 is 1.38 bits per heavy atom. The Morgan fingerprint density at radius 2 is 2.12 bits per heavy atom. The summed E-state index contributed by atoms with van der Waals surface area (Å²) in [6.07, 6.45) is 4.01. The monoisotopic (exact) mass is 220 g/mol. The Labute approximate surface area is 96.9 Å². The lowest BCUT2D eigenvalue weighted by molar-refractivity contribution is 0.375. The van der Waals surface area contributed by atoms with Gasteiger partial charge in [0.1, 0.15) is 18.0 Å². The number of anilines is 2. The predicted molar refractivity (Wildman–Crippen MR) is 66.4 cm³/mol. The minimum Gasteiger partial charge on any atom is -0.383 e. The Hall–Kier alpha value is -1.32. The lowest BCUT2D eigenvalue weighted by Gasteiger charge is -2.38. The molecule has 1 fully saturated rings. The van der Waals surface area contributed by atoms with Crippen LogP contribution in [0.5, 0.6) is 0 Å². The summed E-state index contributed by atoms with van der Waals surface area (Å²) < 4.78 is 0. The molecule has 16 heavy (non-hydrogen) atoms. The van der Waals surface area contributed by atoms with Crippen molar-refractivity contribution in [3.8, 4) is 0 Å². The van der Waals surface area contributed by atoms with Crippen molar-refractivity contribution in [1.29, 1.82) is 0 Å². The van der Waals surface area contributed by atoms with E-state index in [2.05, 4.69) is 28.7 Å². The maximum absolute atomic E-state index is 5.82. The minimum absolute atomic E-state index is 0.539. The van der Waals surface area contributed by atoms with E-state index in [9.17, 15) is 0 Å². The normalized spacial score (nSPS) is 25.8. The molecule has 88 valence electrons. The van der Waals surface area contributed by atoms with Crippen LogP contribution in [0.2, 0.25) is 0 Å². The first-order chi connectivity index (χ1) is 7.59. The van der Waals surface area contributed by atoms with Gasteiger partial charge >= 0.3 is 0 Å². The Morgan fingerprint density at radius 3 is 2.81 bits per heavy atom. The summed E-state index contributed by atoms with van der Waals surface area (Å²) in [5, 5.41) is 0. The van der Waals surface area contributed by atoms with Crippen molar-refractivity contribution in [1.82, 2.24) is 9.97 Å². The molecule has 0 radical (unpaired) electrons. The van der Waals surface area contributed by atoms with Crippen LogP contribution in [0.4, 0.5) is 11.6 Å². The van der Waals surface area contributed by atoms with Crippen LogP contribution in [0, 0.1) is 12.8 Å². The first-order valence-corrected chi connectivity index (χ1v) is 5.93. The van der Waals surface area contributed by atoms with Crippen LogP contribution in [0.3, 0.4) is 0 Å². The standard InChI is InChI=1S/C12H20N4/c1-8-4-5-16(9(2)6-8)12-10(3)11(13)14-7-15-12/h7-9H,4-6H2,1-3H3,(H2,13,14,15). The zero-order chi connectivity index (χ0) is 11.7. The first-order valence-electron chi connectivity index (χ1n) is 5.93. The molecule has 0 amide bonds. The predicted octanol–water partition coefficient (Wildman–Crippen LogP) is 1.99. The highest BCUT2D eigenvalue weighted by atomic mass is 15.2. The fraction of sp³-hybridized carbons (Fsp3) is 0.667. The molecular formula is C12H20N4. The molecule has 1 aliphatic heterocycles. The largest absolute Gasteiger partial charge is 0.383 e. The summed E-state index contributed by atoms with van der Waals surface area (Å²) in [6.45, 7) is 7.64. The van der Waals surface area contributed by atoms with E-state index in [0.29, 0.717) is 11.9 Å². The summed E-state index contributed by atoms with van der Waals surface area (Å²) >= 11 is 0. The van der Waals surface area contributed by atoms with E-state index in [0.717, 1.165) is 23.8 Å². The van der Waals surface area contributed by atoms with Crippen LogP contribution in [-0.2, 0) is 0 Å². The molecule has 0 aliphatic carbocycles. The molecule has 0 spiro atoms. The van der Waals surface area contributed by atoms with Gasteiger partial charge in [0, 0.05) is 18.2 Å². The summed E-state index contributed by atoms with van der Waals surface area (Å²) in [7, 11) is 0. The van der Waals surface area contributed by atoms with Gasteiger partial charge in [-0.3, -0.25) is 0 Å². The zero-order valence-electron chi connectivity index (χ0n) is 10.3. The summed E-state index contributed by atoms with van der Waals surface area (Å²) in [4.78, 5) is 10.7. The third-order valence-electron chi connectivity index (χ3n) is 3.51. The van der Waals surface area contributed by atoms with Gasteiger partial charge in [0.15, 0.2) is 0 Å². The molecule has 2 heterocycles. The molecule has 2 N–H and O–H groups in total. The minimum atomic E-state index is 0.539. The van der Waals surface area contributed by atoms with E-state index >= 15 is 0 Å². The summed E-state index contributed by atoms with van der Waals surface area (Å²) in [6, 6.07) is 0.539. The maximum Gasteiger partial charge on any atom is 0.137 e. The van der Waals surface area contributed by atoms with Crippen LogP contribution in [0.15, 0.2) is 6.33 Å². The molecule has 0 aromatic carbocycles. The van der Waals surface area contributed by atoms with Crippen molar-refractivity contribution < 1.29 is 0 Å². The highest BCUT2D eigenvalue weighted by Gasteiger charge is 2.25. The van der Waals surface area contributed by atoms with Gasteiger partial charge in [-0.1, -0.05) is 6.92 Å². The fourth-order valence-corrected chi connectivity index (χ4v) is 2.47. The molecule has 1 aliphatic rings. The number of rotatable bonds is 1. The van der Waals surface area contributed by atoms with Crippen molar-refractivity contribution in [2.24, 2.45) is 5.92 Å². The molecule has 1 aromatic heterocycles. The molecule has 1 saturated heterocycles. The number of nitrogen functional groups attached to an aromatic ring is 1. The van der Waals surface area contributed by atoms with Crippen molar-refractivity contribution >= 4 is 11.6 Å². The van der Waals surface area contributed by atoms with Gasteiger partial charge in [0.2, 0.25) is 0 Å². The average Bonchev–Trinajstić information content (AvgIpc) is 2.23. The van der Waals surface area contributed by atoms with Crippen LogP contribution in [0.1, 0.15) is 32.3 Å². The average molecular weight is 220 g/mol. The first kappa shape index (κ1) is 11.2. The second kappa shape index (κ2) is 4.28. The number of aromatic nitrogens is 2. The highest BCUT2D eigenvalue weighted by Crippen LogP contribution is 2.29. The Balaban J connectivity index is 2.27. The third kappa shape index (κ3) is 1.96. The molecule has 0 bridgehead atoms. The molecule has 1 aromatic rings. The molecule has 2 rings (SSSR count). The van der Waals surface area contributed by atoms with Crippen molar-refractivity contribution in [2.75, 3.05) is 17.2 Å². The second-order valence-corrected chi connectivity index (χ2v) is 4.88. The van der Waals surface area contributed by atoms with Crippen LogP contribution >= 0.6 is 0 Å². The van der Waals surface area contributed by atoms with E-state index in [1.807, 2.05) is 6.92 Å². The maximum atomic E-state index is 5.82. The molecule has 0 saturated carbocycles. The van der Waals surface area contributed by atoms with Gasteiger partial charge in [-0.15, -0.1) is 0 Å². The topological polar surface area (TPSA) is 55.0 Å².